The average Bonchev–Trinajstić information content (AvgIpc) is 3.16. The number of aromatic nitrogens is 2. The second kappa shape index (κ2) is 9.01. The van der Waals surface area contributed by atoms with Crippen molar-refractivity contribution in [1.82, 2.24) is 14.3 Å². The fraction of sp³-hybridized carbons (Fsp3) is 0.238. The summed E-state index contributed by atoms with van der Waals surface area (Å²) < 4.78 is 6.72. The number of rotatable bonds is 7. The fourth-order valence-corrected chi connectivity index (χ4v) is 2.79. The Bertz CT molecular complexity index is 1010. The van der Waals surface area contributed by atoms with E-state index in [1.165, 1.54) is 18.1 Å². The number of para-hydroxylation sites is 1. The Morgan fingerprint density at radius 3 is 2.66 bits per heavy atom. The van der Waals surface area contributed by atoms with Crippen LogP contribution in [0, 0.1) is 0 Å². The Morgan fingerprint density at radius 1 is 1.14 bits per heavy atom. The number of esters is 1. The number of fused-ring (bicyclic) bond motifs is 1. The summed E-state index contributed by atoms with van der Waals surface area (Å²) in [5, 5.41) is 2.80. The van der Waals surface area contributed by atoms with Gasteiger partial charge in [0.1, 0.15) is 5.65 Å². The highest BCUT2D eigenvalue weighted by molar-refractivity contribution is 5.95. The molecule has 0 aliphatic carbocycles. The number of amides is 2. The van der Waals surface area contributed by atoms with E-state index in [0.29, 0.717) is 5.65 Å². The molecule has 3 aromatic rings. The minimum absolute atomic E-state index is 0.112. The number of carbonyl (C=O) groups excluding carboxylic acids is 3. The summed E-state index contributed by atoms with van der Waals surface area (Å²) in [6, 6.07) is 12.9. The number of pyridine rings is 1. The number of ether oxygens (including phenoxy) is 1. The van der Waals surface area contributed by atoms with Gasteiger partial charge in [-0.25, -0.2) is 9.78 Å². The number of benzene rings is 1. The maximum atomic E-state index is 12.2. The SMILES string of the molecule is CCc1ccccc1NC(=O)CN(C)C(=O)COC(=O)c1cn2ccccc2n1. The molecule has 0 unspecified atom stereocenters. The second-order valence-electron chi connectivity index (χ2n) is 6.48. The molecular formula is C21H22N4O4. The van der Waals surface area contributed by atoms with Crippen molar-refractivity contribution >= 4 is 29.1 Å². The number of imidazole rings is 1. The number of nitrogens with zero attached hydrogens (tertiary/aromatic N) is 3. The van der Waals surface area contributed by atoms with Gasteiger partial charge >= 0.3 is 5.97 Å². The van der Waals surface area contributed by atoms with E-state index in [2.05, 4.69) is 10.3 Å². The molecule has 2 heterocycles. The summed E-state index contributed by atoms with van der Waals surface area (Å²) in [6.07, 6.45) is 4.07. The smallest absolute Gasteiger partial charge is 0.359 e. The normalized spacial score (nSPS) is 10.6. The zero-order valence-electron chi connectivity index (χ0n) is 16.3. The van der Waals surface area contributed by atoms with Crippen molar-refractivity contribution in [1.29, 1.82) is 0 Å². The molecule has 0 bridgehead atoms. The first-order valence-corrected chi connectivity index (χ1v) is 9.20. The van der Waals surface area contributed by atoms with Crippen LogP contribution >= 0.6 is 0 Å². The van der Waals surface area contributed by atoms with Gasteiger partial charge in [-0.15, -0.1) is 0 Å². The summed E-state index contributed by atoms with van der Waals surface area (Å²) in [5.41, 5.74) is 2.45. The van der Waals surface area contributed by atoms with Crippen LogP contribution in [-0.2, 0) is 20.7 Å². The van der Waals surface area contributed by atoms with E-state index >= 15 is 0 Å². The van der Waals surface area contributed by atoms with Crippen LogP contribution in [0.15, 0.2) is 54.9 Å². The lowest BCUT2D eigenvalue weighted by atomic mass is 10.1. The van der Waals surface area contributed by atoms with E-state index < -0.39 is 18.5 Å². The van der Waals surface area contributed by atoms with Gasteiger partial charge in [0.05, 0.1) is 6.54 Å². The minimum Gasteiger partial charge on any atom is -0.451 e. The Hall–Kier alpha value is -3.68. The fourth-order valence-electron chi connectivity index (χ4n) is 2.79. The Kier molecular flexibility index (Phi) is 6.23. The van der Waals surface area contributed by atoms with Gasteiger partial charge in [0.2, 0.25) is 5.91 Å². The van der Waals surface area contributed by atoms with E-state index in [1.54, 1.807) is 22.7 Å². The molecular weight excluding hydrogens is 372 g/mol. The van der Waals surface area contributed by atoms with Gasteiger partial charge in [0.25, 0.3) is 5.91 Å². The number of nitrogens with one attached hydrogen (secondary N) is 1. The molecule has 2 amide bonds. The standard InChI is InChI=1S/C21H22N4O4/c1-3-15-8-4-5-9-16(15)23-19(26)13-24(2)20(27)14-29-21(28)17-12-25-11-7-6-10-18(25)22-17/h4-12H,3,13-14H2,1-2H3,(H,23,26). The maximum Gasteiger partial charge on any atom is 0.359 e. The van der Waals surface area contributed by atoms with E-state index in [4.69, 9.17) is 4.74 Å². The molecule has 29 heavy (non-hydrogen) atoms. The van der Waals surface area contributed by atoms with Crippen LogP contribution in [0.25, 0.3) is 5.65 Å². The molecule has 150 valence electrons. The van der Waals surface area contributed by atoms with Gasteiger partial charge in [-0.05, 0) is 30.2 Å². The molecule has 0 atom stereocenters. The summed E-state index contributed by atoms with van der Waals surface area (Å²) in [4.78, 5) is 41.9. The summed E-state index contributed by atoms with van der Waals surface area (Å²) >= 11 is 0. The first-order valence-electron chi connectivity index (χ1n) is 9.20. The topological polar surface area (TPSA) is 93.0 Å². The highest BCUT2D eigenvalue weighted by atomic mass is 16.5. The van der Waals surface area contributed by atoms with Gasteiger partial charge in [0, 0.05) is 25.1 Å². The Morgan fingerprint density at radius 2 is 1.90 bits per heavy atom. The summed E-state index contributed by atoms with van der Waals surface area (Å²) in [6.45, 7) is 1.38. The van der Waals surface area contributed by atoms with Gasteiger partial charge in [-0.3, -0.25) is 9.59 Å². The van der Waals surface area contributed by atoms with Crippen LogP contribution < -0.4 is 5.32 Å². The Labute approximate surface area is 168 Å². The van der Waals surface area contributed by atoms with Crippen LogP contribution in [0.2, 0.25) is 0 Å². The van der Waals surface area contributed by atoms with E-state index in [-0.39, 0.29) is 18.1 Å². The number of likely N-dealkylation sites (N-methyl/N-ethyl adjacent to an activating group) is 1. The monoisotopic (exact) mass is 394 g/mol. The largest absolute Gasteiger partial charge is 0.451 e. The van der Waals surface area contributed by atoms with Crippen LogP contribution in [0.4, 0.5) is 5.69 Å². The number of aryl methyl sites for hydroxylation is 1. The maximum absolute atomic E-state index is 12.2. The number of hydrogen-bond acceptors (Lipinski definition) is 5. The minimum atomic E-state index is -0.697. The lowest BCUT2D eigenvalue weighted by Crippen LogP contribution is -2.37. The van der Waals surface area contributed by atoms with Crippen molar-refractivity contribution < 1.29 is 19.1 Å². The predicted octanol–water partition coefficient (Wildman–Crippen LogP) is 2.15. The van der Waals surface area contributed by atoms with Gasteiger partial charge in [-0.2, -0.15) is 0 Å². The van der Waals surface area contributed by atoms with Crippen LogP contribution in [0.1, 0.15) is 23.0 Å². The van der Waals surface area contributed by atoms with E-state index in [9.17, 15) is 14.4 Å². The van der Waals surface area contributed by atoms with Gasteiger partial charge in [0.15, 0.2) is 12.3 Å². The summed E-state index contributed by atoms with van der Waals surface area (Å²) in [5.74, 6) is -1.51. The van der Waals surface area contributed by atoms with Gasteiger partial charge in [-0.1, -0.05) is 31.2 Å². The molecule has 2 aromatic heterocycles. The number of carbonyl (C=O) groups is 3. The van der Waals surface area contributed by atoms with Crippen molar-refractivity contribution in [2.75, 3.05) is 25.5 Å². The molecule has 0 aliphatic heterocycles. The molecule has 1 aromatic carbocycles. The lowest BCUT2D eigenvalue weighted by Gasteiger charge is -2.17. The van der Waals surface area contributed by atoms with Crippen molar-refractivity contribution in [2.45, 2.75) is 13.3 Å². The third-order valence-corrected chi connectivity index (χ3v) is 4.38. The molecule has 0 fully saturated rings. The van der Waals surface area contributed by atoms with Gasteiger partial charge < -0.3 is 19.4 Å². The number of anilines is 1. The predicted molar refractivity (Wildman–Crippen MR) is 108 cm³/mol. The van der Waals surface area contributed by atoms with E-state index in [0.717, 1.165) is 17.7 Å². The summed E-state index contributed by atoms with van der Waals surface area (Å²) in [7, 11) is 1.48. The molecule has 0 saturated carbocycles. The van der Waals surface area contributed by atoms with Crippen molar-refractivity contribution in [3.63, 3.8) is 0 Å². The zero-order chi connectivity index (χ0) is 20.8. The average molecular weight is 394 g/mol. The van der Waals surface area contributed by atoms with Crippen LogP contribution in [0.5, 0.6) is 0 Å². The lowest BCUT2D eigenvalue weighted by molar-refractivity contribution is -0.136. The van der Waals surface area contributed by atoms with Crippen molar-refractivity contribution in [3.05, 3.63) is 66.1 Å². The molecule has 3 rings (SSSR count). The molecule has 8 heteroatoms. The number of hydrogen-bond donors (Lipinski definition) is 1. The molecule has 0 saturated heterocycles. The first kappa shape index (κ1) is 20.1. The first-order chi connectivity index (χ1) is 14.0. The molecule has 0 radical (unpaired) electrons. The second-order valence-corrected chi connectivity index (χ2v) is 6.48. The Balaban J connectivity index is 1.50. The van der Waals surface area contributed by atoms with E-state index in [1.807, 2.05) is 37.3 Å². The third-order valence-electron chi connectivity index (χ3n) is 4.38. The highest BCUT2D eigenvalue weighted by Gasteiger charge is 2.18. The zero-order valence-corrected chi connectivity index (χ0v) is 16.3. The quantitative estimate of drug-likeness (QED) is 0.620. The van der Waals surface area contributed by atoms with Crippen molar-refractivity contribution in [2.24, 2.45) is 0 Å². The molecule has 0 spiro atoms. The highest BCUT2D eigenvalue weighted by Crippen LogP contribution is 2.15. The van der Waals surface area contributed by atoms with Crippen molar-refractivity contribution in [3.8, 4) is 0 Å². The third kappa shape index (κ3) is 4.98. The molecule has 0 aliphatic rings. The molecule has 1 N–H and O–H groups in total. The van der Waals surface area contributed by atoms with Crippen LogP contribution in [-0.4, -0.2) is 52.3 Å². The molecule has 8 nitrogen and oxygen atoms in total. The van der Waals surface area contributed by atoms with Crippen LogP contribution in [0.3, 0.4) is 0 Å².